The maximum atomic E-state index is 13.1. The summed E-state index contributed by atoms with van der Waals surface area (Å²) in [5, 5.41) is 2.00. The molecule has 6 nitrogen and oxygen atoms in total. The van der Waals surface area contributed by atoms with Crippen molar-refractivity contribution in [2.75, 3.05) is 34.4 Å². The molecule has 0 N–H and O–H groups in total. The number of aromatic nitrogens is 1. The van der Waals surface area contributed by atoms with Crippen molar-refractivity contribution >= 4 is 23.3 Å². The predicted molar refractivity (Wildman–Crippen MR) is 134 cm³/mol. The Hall–Kier alpha value is -3.16. The van der Waals surface area contributed by atoms with Crippen LogP contribution in [0.5, 0.6) is 11.5 Å². The molecule has 2 aromatic heterocycles. The molecule has 174 valence electrons. The normalized spacial score (nSPS) is 11.2. The van der Waals surface area contributed by atoms with E-state index in [1.807, 2.05) is 68.0 Å². The first-order valence-corrected chi connectivity index (χ1v) is 11.8. The predicted octanol–water partition coefficient (Wildman–Crippen LogP) is 4.72. The van der Waals surface area contributed by atoms with Crippen molar-refractivity contribution in [1.29, 1.82) is 0 Å². The van der Waals surface area contributed by atoms with E-state index in [1.165, 1.54) is 0 Å². The minimum absolute atomic E-state index is 0.0588. The first kappa shape index (κ1) is 24.5. The standard InChI is InChI=1S/C26H31N3O3S/c1-28(2)14-6-15-32-25-17-21(9-11-24(25)31-3)19-29(20-22-7-4-13-27-18-22)26(30)12-10-23-8-5-16-33-23/h4-5,7-13,16-18H,6,14-15,19-20H2,1-3H3/b12-10+. The van der Waals surface area contributed by atoms with Crippen LogP contribution in [0.25, 0.3) is 6.08 Å². The van der Waals surface area contributed by atoms with Gasteiger partial charge in [0.15, 0.2) is 11.5 Å². The van der Waals surface area contributed by atoms with Gasteiger partial charge in [0.25, 0.3) is 0 Å². The van der Waals surface area contributed by atoms with Gasteiger partial charge >= 0.3 is 0 Å². The summed E-state index contributed by atoms with van der Waals surface area (Å²) >= 11 is 1.60. The van der Waals surface area contributed by atoms with Crippen LogP contribution in [0.15, 0.2) is 66.3 Å². The molecule has 0 aliphatic heterocycles. The highest BCUT2D eigenvalue weighted by Crippen LogP contribution is 2.29. The van der Waals surface area contributed by atoms with Crippen LogP contribution in [0.3, 0.4) is 0 Å². The molecule has 0 spiro atoms. The Morgan fingerprint density at radius 2 is 1.94 bits per heavy atom. The molecular weight excluding hydrogens is 434 g/mol. The fourth-order valence-electron chi connectivity index (χ4n) is 3.28. The van der Waals surface area contributed by atoms with E-state index in [0.29, 0.717) is 31.2 Å². The van der Waals surface area contributed by atoms with Gasteiger partial charge in [-0.3, -0.25) is 9.78 Å². The lowest BCUT2D eigenvalue weighted by molar-refractivity contribution is -0.127. The van der Waals surface area contributed by atoms with Crippen LogP contribution in [0, 0.1) is 0 Å². The van der Waals surface area contributed by atoms with Crippen molar-refractivity contribution in [3.8, 4) is 11.5 Å². The number of pyridine rings is 1. The van der Waals surface area contributed by atoms with Gasteiger partial charge in [-0.1, -0.05) is 18.2 Å². The number of carbonyl (C=O) groups is 1. The van der Waals surface area contributed by atoms with Crippen LogP contribution in [0.4, 0.5) is 0 Å². The second kappa shape index (κ2) is 12.8. The van der Waals surface area contributed by atoms with Crippen LogP contribution in [0.1, 0.15) is 22.4 Å². The van der Waals surface area contributed by atoms with Crippen molar-refractivity contribution in [2.24, 2.45) is 0 Å². The molecule has 0 aliphatic carbocycles. The number of benzene rings is 1. The summed E-state index contributed by atoms with van der Waals surface area (Å²) < 4.78 is 11.5. The molecule has 7 heteroatoms. The molecular formula is C26H31N3O3S. The maximum absolute atomic E-state index is 13.1. The molecule has 0 saturated carbocycles. The maximum Gasteiger partial charge on any atom is 0.247 e. The minimum atomic E-state index is -0.0588. The van der Waals surface area contributed by atoms with Gasteiger partial charge in [-0.05, 0) is 67.4 Å². The van der Waals surface area contributed by atoms with Gasteiger partial charge in [0.1, 0.15) is 0 Å². The summed E-state index contributed by atoms with van der Waals surface area (Å²) in [7, 11) is 5.72. The van der Waals surface area contributed by atoms with Crippen molar-refractivity contribution < 1.29 is 14.3 Å². The highest BCUT2D eigenvalue weighted by atomic mass is 32.1. The summed E-state index contributed by atoms with van der Waals surface area (Å²) in [5.41, 5.74) is 1.95. The van der Waals surface area contributed by atoms with E-state index < -0.39 is 0 Å². The number of rotatable bonds is 12. The second-order valence-corrected chi connectivity index (χ2v) is 8.87. The molecule has 0 atom stereocenters. The van der Waals surface area contributed by atoms with Crippen LogP contribution in [-0.2, 0) is 17.9 Å². The molecule has 0 fully saturated rings. The zero-order valence-electron chi connectivity index (χ0n) is 19.4. The first-order valence-electron chi connectivity index (χ1n) is 10.9. The molecule has 0 bridgehead atoms. The van der Waals surface area contributed by atoms with E-state index in [9.17, 15) is 4.79 Å². The van der Waals surface area contributed by atoms with Crippen molar-refractivity contribution in [1.82, 2.24) is 14.8 Å². The van der Waals surface area contributed by atoms with Gasteiger partial charge in [-0.2, -0.15) is 0 Å². The smallest absolute Gasteiger partial charge is 0.247 e. The number of methoxy groups -OCH3 is 1. The Morgan fingerprint density at radius 3 is 2.64 bits per heavy atom. The average Bonchev–Trinajstić information content (AvgIpc) is 3.34. The second-order valence-electron chi connectivity index (χ2n) is 7.89. The van der Waals surface area contributed by atoms with Crippen LogP contribution >= 0.6 is 11.3 Å². The first-order chi connectivity index (χ1) is 16.0. The van der Waals surface area contributed by atoms with Gasteiger partial charge in [0.2, 0.25) is 5.91 Å². The van der Waals surface area contributed by atoms with Gasteiger partial charge in [-0.25, -0.2) is 0 Å². The van der Waals surface area contributed by atoms with E-state index in [4.69, 9.17) is 9.47 Å². The highest BCUT2D eigenvalue weighted by Gasteiger charge is 2.15. The molecule has 33 heavy (non-hydrogen) atoms. The highest BCUT2D eigenvalue weighted by molar-refractivity contribution is 7.10. The Kier molecular flexibility index (Phi) is 9.47. The number of carbonyl (C=O) groups excluding carboxylic acids is 1. The molecule has 0 saturated heterocycles. The van der Waals surface area contributed by atoms with Gasteiger partial charge < -0.3 is 19.3 Å². The number of hydrogen-bond donors (Lipinski definition) is 0. The SMILES string of the molecule is COc1ccc(CN(Cc2cccnc2)C(=O)/C=C/c2cccs2)cc1OCCCN(C)C. The molecule has 1 amide bonds. The molecule has 3 rings (SSSR count). The Balaban J connectivity index is 1.76. The van der Waals surface area contributed by atoms with E-state index in [-0.39, 0.29) is 5.91 Å². The summed E-state index contributed by atoms with van der Waals surface area (Å²) in [6, 6.07) is 13.6. The summed E-state index contributed by atoms with van der Waals surface area (Å²) in [4.78, 5) is 22.3. The number of amides is 1. The molecule has 3 aromatic rings. The van der Waals surface area contributed by atoms with Gasteiger partial charge in [0.05, 0.1) is 13.7 Å². The number of thiophene rings is 1. The van der Waals surface area contributed by atoms with Crippen molar-refractivity contribution in [3.05, 3.63) is 82.3 Å². The lowest BCUT2D eigenvalue weighted by Crippen LogP contribution is -2.28. The zero-order valence-corrected chi connectivity index (χ0v) is 20.3. The van der Waals surface area contributed by atoms with E-state index in [1.54, 1.807) is 41.8 Å². The van der Waals surface area contributed by atoms with Crippen LogP contribution < -0.4 is 9.47 Å². The van der Waals surface area contributed by atoms with Crippen LogP contribution in [0.2, 0.25) is 0 Å². The van der Waals surface area contributed by atoms with Crippen molar-refractivity contribution in [3.63, 3.8) is 0 Å². The van der Waals surface area contributed by atoms with Crippen LogP contribution in [-0.4, -0.2) is 55.0 Å². The van der Waals surface area contributed by atoms with Gasteiger partial charge in [0, 0.05) is 43.0 Å². The average molecular weight is 466 g/mol. The quantitative estimate of drug-likeness (QED) is 0.286. The number of ether oxygens (including phenoxy) is 2. The molecule has 0 unspecified atom stereocenters. The van der Waals surface area contributed by atoms with E-state index >= 15 is 0 Å². The van der Waals surface area contributed by atoms with E-state index in [2.05, 4.69) is 9.88 Å². The third kappa shape index (κ3) is 8.04. The lowest BCUT2D eigenvalue weighted by atomic mass is 10.1. The lowest BCUT2D eigenvalue weighted by Gasteiger charge is -2.22. The zero-order chi connectivity index (χ0) is 23.5. The Morgan fingerprint density at radius 1 is 1.09 bits per heavy atom. The molecule has 2 heterocycles. The Labute approximate surface area is 200 Å². The third-order valence-corrected chi connectivity index (χ3v) is 5.79. The fraction of sp³-hybridized carbons (Fsp3) is 0.308. The summed E-state index contributed by atoms with van der Waals surface area (Å²) in [5.74, 6) is 1.32. The molecule has 1 aromatic carbocycles. The summed E-state index contributed by atoms with van der Waals surface area (Å²) in [6.07, 6.45) is 7.92. The third-order valence-electron chi connectivity index (χ3n) is 4.95. The summed E-state index contributed by atoms with van der Waals surface area (Å²) in [6.45, 7) is 2.46. The monoisotopic (exact) mass is 465 g/mol. The topological polar surface area (TPSA) is 54.9 Å². The fourth-order valence-corrected chi connectivity index (χ4v) is 3.90. The largest absolute Gasteiger partial charge is 0.493 e. The van der Waals surface area contributed by atoms with E-state index in [0.717, 1.165) is 29.0 Å². The number of nitrogens with zero attached hydrogens (tertiary/aromatic N) is 3. The Bertz CT molecular complexity index is 1020. The number of hydrogen-bond acceptors (Lipinski definition) is 6. The van der Waals surface area contributed by atoms with Gasteiger partial charge in [-0.15, -0.1) is 11.3 Å². The van der Waals surface area contributed by atoms with Crippen molar-refractivity contribution in [2.45, 2.75) is 19.5 Å². The molecule has 0 aliphatic rings. The minimum Gasteiger partial charge on any atom is -0.493 e. The molecule has 0 radical (unpaired) electrons.